The maximum atomic E-state index is 13.2. The van der Waals surface area contributed by atoms with Gasteiger partial charge in [0.2, 0.25) is 0 Å². The number of hydrogen-bond acceptors (Lipinski definition) is 6. The number of aliphatic carboxylic acids is 1. The fraction of sp³-hybridized carbons (Fsp3) is 0.727. The summed E-state index contributed by atoms with van der Waals surface area (Å²) in [4.78, 5) is 42.1. The minimum Gasteiger partial charge on any atom is -0.481 e. The van der Waals surface area contributed by atoms with Crippen LogP contribution in [0, 0.1) is 0 Å². The number of carboxylic acid groups (broad SMARTS) is 1. The van der Waals surface area contributed by atoms with E-state index in [0.29, 0.717) is 18.9 Å². The van der Waals surface area contributed by atoms with Gasteiger partial charge in [-0.3, -0.25) is 19.6 Å². The van der Waals surface area contributed by atoms with E-state index in [1.165, 1.54) is 0 Å². The molecule has 3 aliphatic rings. The SMILES string of the molecule is CCN1CCc2ncc(N3CCN(C4CCN(C(C)CC(=O)O)CC4)C3=O)nc2CC1.Cl.Cl.Cl. The summed E-state index contributed by atoms with van der Waals surface area (Å²) in [6, 6.07) is 0.260. The van der Waals surface area contributed by atoms with Crippen molar-refractivity contribution in [2.75, 3.05) is 50.7 Å². The number of likely N-dealkylation sites (tertiary alicyclic amines) is 1. The highest BCUT2D eigenvalue weighted by Gasteiger charge is 2.37. The average molecular weight is 540 g/mol. The number of carbonyl (C=O) groups excluding carboxylic acids is 1. The minimum atomic E-state index is -0.760. The number of anilines is 1. The summed E-state index contributed by atoms with van der Waals surface area (Å²) in [5.41, 5.74) is 2.09. The van der Waals surface area contributed by atoms with Crippen LogP contribution in [-0.4, -0.2) is 99.7 Å². The molecule has 194 valence electrons. The summed E-state index contributed by atoms with van der Waals surface area (Å²) in [5, 5.41) is 9.03. The summed E-state index contributed by atoms with van der Waals surface area (Å²) >= 11 is 0. The molecular formula is C22H37Cl3N6O3. The van der Waals surface area contributed by atoms with Gasteiger partial charge in [0.25, 0.3) is 0 Å². The van der Waals surface area contributed by atoms with Crippen molar-refractivity contribution >= 4 is 55.0 Å². The van der Waals surface area contributed by atoms with Crippen LogP contribution in [0.2, 0.25) is 0 Å². The molecule has 0 spiro atoms. The topological polar surface area (TPSA) is 93.1 Å². The number of aromatic nitrogens is 2. The van der Waals surface area contributed by atoms with E-state index in [-0.39, 0.29) is 61.8 Å². The van der Waals surface area contributed by atoms with Crippen molar-refractivity contribution in [1.29, 1.82) is 0 Å². The Morgan fingerprint density at radius 3 is 2.32 bits per heavy atom. The maximum Gasteiger partial charge on any atom is 0.326 e. The third-order valence-corrected chi connectivity index (χ3v) is 7.05. The molecule has 9 nitrogen and oxygen atoms in total. The number of fused-ring (bicyclic) bond motifs is 1. The van der Waals surface area contributed by atoms with Crippen molar-refractivity contribution in [1.82, 2.24) is 24.7 Å². The van der Waals surface area contributed by atoms with E-state index >= 15 is 0 Å². The lowest BCUT2D eigenvalue weighted by Gasteiger charge is -2.38. The molecule has 34 heavy (non-hydrogen) atoms. The van der Waals surface area contributed by atoms with Crippen molar-refractivity contribution in [2.45, 2.75) is 58.0 Å². The number of hydrogen-bond donors (Lipinski definition) is 1. The lowest BCUT2D eigenvalue weighted by Crippen LogP contribution is -2.49. The summed E-state index contributed by atoms with van der Waals surface area (Å²) < 4.78 is 0. The third-order valence-electron chi connectivity index (χ3n) is 7.05. The molecule has 1 aromatic rings. The second-order valence-corrected chi connectivity index (χ2v) is 8.90. The predicted molar refractivity (Wildman–Crippen MR) is 139 cm³/mol. The van der Waals surface area contributed by atoms with Gasteiger partial charge in [0.15, 0.2) is 5.82 Å². The zero-order chi connectivity index (χ0) is 22.0. The van der Waals surface area contributed by atoms with Crippen LogP contribution in [-0.2, 0) is 17.6 Å². The minimum absolute atomic E-state index is 0. The first-order valence-electron chi connectivity index (χ1n) is 11.6. The number of likely N-dealkylation sites (N-methyl/N-ethyl adjacent to an activating group) is 1. The van der Waals surface area contributed by atoms with Gasteiger partial charge in [-0.15, -0.1) is 37.2 Å². The van der Waals surface area contributed by atoms with Gasteiger partial charge in [-0.1, -0.05) is 6.92 Å². The molecule has 0 radical (unpaired) electrons. The highest BCUT2D eigenvalue weighted by atomic mass is 35.5. The van der Waals surface area contributed by atoms with Gasteiger partial charge in [-0.05, 0) is 26.3 Å². The maximum absolute atomic E-state index is 13.2. The number of carbonyl (C=O) groups is 2. The molecule has 0 saturated carbocycles. The molecule has 12 heteroatoms. The average Bonchev–Trinajstić information content (AvgIpc) is 3.02. The second-order valence-electron chi connectivity index (χ2n) is 8.90. The Bertz CT molecular complexity index is 825. The fourth-order valence-electron chi connectivity index (χ4n) is 5.06. The van der Waals surface area contributed by atoms with Crippen LogP contribution < -0.4 is 4.90 Å². The van der Waals surface area contributed by atoms with Crippen LogP contribution in [0.25, 0.3) is 0 Å². The van der Waals surface area contributed by atoms with Gasteiger partial charge in [0.05, 0.1) is 24.0 Å². The van der Waals surface area contributed by atoms with Gasteiger partial charge in [-0.25, -0.2) is 9.78 Å². The standard InChI is InChI=1S/C22H34N6O3.3ClH/c1-3-25-8-6-18-19(7-9-25)24-20(15-23-18)28-13-12-27(22(28)31)17-4-10-26(11-5-17)16(2)14-21(29)30;;;/h15-17H,3-14H2,1-2H3,(H,29,30);3*1H. The highest BCUT2D eigenvalue weighted by Crippen LogP contribution is 2.26. The summed E-state index contributed by atoms with van der Waals surface area (Å²) in [5.74, 6) is -0.0898. The van der Waals surface area contributed by atoms with E-state index in [2.05, 4.69) is 21.7 Å². The van der Waals surface area contributed by atoms with E-state index in [4.69, 9.17) is 10.1 Å². The van der Waals surface area contributed by atoms with Crippen molar-refractivity contribution < 1.29 is 14.7 Å². The normalized spacial score (nSPS) is 20.5. The summed E-state index contributed by atoms with van der Waals surface area (Å²) in [7, 11) is 0. The Morgan fingerprint density at radius 2 is 1.71 bits per heavy atom. The van der Waals surface area contributed by atoms with E-state index in [9.17, 15) is 9.59 Å². The van der Waals surface area contributed by atoms with Crippen molar-refractivity contribution in [2.24, 2.45) is 0 Å². The van der Waals surface area contributed by atoms with Crippen molar-refractivity contribution in [3.05, 3.63) is 17.6 Å². The van der Waals surface area contributed by atoms with Crippen LogP contribution in [0.1, 0.15) is 44.5 Å². The molecule has 1 unspecified atom stereocenters. The van der Waals surface area contributed by atoms with Crippen LogP contribution >= 0.6 is 37.2 Å². The first-order chi connectivity index (χ1) is 15.0. The molecule has 1 N–H and O–H groups in total. The van der Waals surface area contributed by atoms with Crippen molar-refractivity contribution in [3.8, 4) is 0 Å². The van der Waals surface area contributed by atoms with Gasteiger partial charge in [0, 0.05) is 64.2 Å². The monoisotopic (exact) mass is 538 g/mol. The number of piperidine rings is 1. The van der Waals surface area contributed by atoms with E-state index in [1.807, 2.05) is 11.8 Å². The zero-order valence-electron chi connectivity index (χ0n) is 19.9. The number of carboxylic acids is 1. The van der Waals surface area contributed by atoms with Crippen molar-refractivity contribution in [3.63, 3.8) is 0 Å². The van der Waals surface area contributed by atoms with Gasteiger partial charge < -0.3 is 14.9 Å². The Morgan fingerprint density at radius 1 is 1.06 bits per heavy atom. The molecule has 4 heterocycles. The smallest absolute Gasteiger partial charge is 0.326 e. The van der Waals surface area contributed by atoms with E-state index in [0.717, 1.165) is 69.8 Å². The summed E-state index contributed by atoms with van der Waals surface area (Å²) in [6.45, 7) is 10.2. The molecular weight excluding hydrogens is 503 g/mol. The van der Waals surface area contributed by atoms with E-state index < -0.39 is 5.97 Å². The van der Waals surface area contributed by atoms with Crippen LogP contribution in [0.4, 0.5) is 10.6 Å². The second kappa shape index (κ2) is 13.6. The Labute approximate surface area is 220 Å². The van der Waals surface area contributed by atoms with Crippen LogP contribution in [0.3, 0.4) is 0 Å². The number of rotatable bonds is 6. The van der Waals surface area contributed by atoms with Gasteiger partial charge >= 0.3 is 12.0 Å². The first-order valence-corrected chi connectivity index (χ1v) is 11.6. The Kier molecular flexibility index (Phi) is 12.3. The van der Waals surface area contributed by atoms with Gasteiger partial charge in [-0.2, -0.15) is 0 Å². The molecule has 0 aliphatic carbocycles. The number of urea groups is 1. The fourth-order valence-corrected chi connectivity index (χ4v) is 5.06. The molecule has 2 amide bonds. The molecule has 1 aromatic heterocycles. The number of nitrogens with zero attached hydrogens (tertiary/aromatic N) is 6. The quantitative estimate of drug-likeness (QED) is 0.594. The molecule has 2 fully saturated rings. The molecule has 2 saturated heterocycles. The third kappa shape index (κ3) is 6.85. The molecule has 0 aromatic carbocycles. The lowest BCUT2D eigenvalue weighted by molar-refractivity contribution is -0.138. The molecule has 3 aliphatic heterocycles. The van der Waals surface area contributed by atoms with Gasteiger partial charge in [0.1, 0.15) is 0 Å². The first kappa shape index (κ1) is 30.6. The lowest BCUT2D eigenvalue weighted by atomic mass is 10.0. The van der Waals surface area contributed by atoms with Crippen LogP contribution in [0.5, 0.6) is 0 Å². The zero-order valence-corrected chi connectivity index (χ0v) is 22.3. The Balaban J connectivity index is 0.00000193. The molecule has 1 atom stereocenters. The largest absolute Gasteiger partial charge is 0.481 e. The number of halogens is 3. The van der Waals surface area contributed by atoms with E-state index in [1.54, 1.807) is 11.1 Å². The summed E-state index contributed by atoms with van der Waals surface area (Å²) in [6.07, 6.45) is 5.47. The highest BCUT2D eigenvalue weighted by molar-refractivity contribution is 5.93. The number of amides is 2. The Hall–Kier alpha value is -1.39. The molecule has 4 rings (SSSR count). The molecule has 0 bridgehead atoms. The predicted octanol–water partition coefficient (Wildman–Crippen LogP) is 2.73. The van der Waals surface area contributed by atoms with Crippen LogP contribution in [0.15, 0.2) is 6.20 Å².